The first kappa shape index (κ1) is 18.9. The van der Waals surface area contributed by atoms with Crippen LogP contribution in [-0.2, 0) is 16.0 Å². The van der Waals surface area contributed by atoms with Gasteiger partial charge in [0.05, 0.1) is 15.2 Å². The second-order valence-electron chi connectivity index (χ2n) is 7.49. The van der Waals surface area contributed by atoms with Crippen molar-refractivity contribution in [3.63, 3.8) is 0 Å². The minimum Gasteiger partial charge on any atom is -0.355 e. The summed E-state index contributed by atoms with van der Waals surface area (Å²) in [5, 5.41) is 6.68. The molecule has 1 saturated carbocycles. The Morgan fingerprint density at radius 3 is 2.79 bits per heavy atom. The van der Waals surface area contributed by atoms with Crippen LogP contribution in [0.3, 0.4) is 0 Å². The number of hydrogen-bond donors (Lipinski definition) is 2. The lowest BCUT2D eigenvalue weighted by molar-refractivity contribution is -0.135. The largest absolute Gasteiger partial charge is 0.355 e. The molecule has 2 aromatic rings. The van der Waals surface area contributed by atoms with Crippen molar-refractivity contribution in [2.45, 2.75) is 50.5 Å². The van der Waals surface area contributed by atoms with Crippen LogP contribution in [0.2, 0.25) is 0 Å². The quantitative estimate of drug-likeness (QED) is 0.576. The van der Waals surface area contributed by atoms with Crippen LogP contribution in [-0.4, -0.2) is 46.4 Å². The van der Waals surface area contributed by atoms with Gasteiger partial charge in [0.2, 0.25) is 5.91 Å². The number of carbonyl (C=O) groups is 3. The summed E-state index contributed by atoms with van der Waals surface area (Å²) in [5.74, 6) is -0.553. The van der Waals surface area contributed by atoms with Crippen molar-refractivity contribution >= 4 is 39.4 Å². The molecule has 8 heteroatoms. The number of nitrogens with one attached hydrogen (secondary N) is 2. The molecule has 1 aromatic heterocycles. The molecule has 1 spiro atoms. The van der Waals surface area contributed by atoms with E-state index in [0.29, 0.717) is 19.4 Å². The molecule has 28 heavy (non-hydrogen) atoms. The van der Waals surface area contributed by atoms with Crippen molar-refractivity contribution in [1.82, 2.24) is 20.5 Å². The van der Waals surface area contributed by atoms with E-state index >= 15 is 0 Å². The van der Waals surface area contributed by atoms with Crippen molar-refractivity contribution in [3.05, 3.63) is 29.3 Å². The number of nitrogens with zero attached hydrogens (tertiary/aromatic N) is 2. The monoisotopic (exact) mass is 400 g/mol. The van der Waals surface area contributed by atoms with Gasteiger partial charge in [-0.25, -0.2) is 9.78 Å². The lowest BCUT2D eigenvalue weighted by atomic mass is 9.82. The predicted molar refractivity (Wildman–Crippen MR) is 107 cm³/mol. The maximum Gasteiger partial charge on any atom is 0.325 e. The fraction of sp³-hybridized carbons (Fsp3) is 0.500. The van der Waals surface area contributed by atoms with E-state index in [2.05, 4.69) is 21.7 Å². The van der Waals surface area contributed by atoms with E-state index in [1.165, 1.54) is 0 Å². The Kier molecular flexibility index (Phi) is 5.30. The van der Waals surface area contributed by atoms with Gasteiger partial charge < -0.3 is 10.6 Å². The Morgan fingerprint density at radius 1 is 1.21 bits per heavy atom. The van der Waals surface area contributed by atoms with Gasteiger partial charge in [0, 0.05) is 13.0 Å². The summed E-state index contributed by atoms with van der Waals surface area (Å²) >= 11 is 1.67. The van der Waals surface area contributed by atoms with E-state index in [1.54, 1.807) is 11.3 Å². The van der Waals surface area contributed by atoms with Crippen LogP contribution in [0.15, 0.2) is 24.3 Å². The van der Waals surface area contributed by atoms with Gasteiger partial charge in [-0.2, -0.15) is 0 Å². The first-order chi connectivity index (χ1) is 13.6. The molecule has 2 N–H and O–H groups in total. The first-order valence-electron chi connectivity index (χ1n) is 9.83. The summed E-state index contributed by atoms with van der Waals surface area (Å²) in [6.45, 7) is 0.275. The fourth-order valence-corrected chi connectivity index (χ4v) is 5.02. The molecule has 1 aliphatic carbocycles. The lowest BCUT2D eigenvalue weighted by Gasteiger charge is -2.30. The van der Waals surface area contributed by atoms with Crippen LogP contribution in [0.25, 0.3) is 10.2 Å². The topological polar surface area (TPSA) is 91.4 Å². The van der Waals surface area contributed by atoms with Gasteiger partial charge in [0.25, 0.3) is 5.91 Å². The van der Waals surface area contributed by atoms with Crippen molar-refractivity contribution in [2.75, 3.05) is 13.1 Å². The molecule has 148 valence electrons. The highest BCUT2D eigenvalue weighted by atomic mass is 32.1. The maximum atomic E-state index is 12.7. The molecule has 2 heterocycles. The molecule has 2 aliphatic rings. The van der Waals surface area contributed by atoms with Gasteiger partial charge in [-0.05, 0) is 31.4 Å². The maximum absolute atomic E-state index is 12.7. The normalized spacial score (nSPS) is 18.6. The van der Waals surface area contributed by atoms with Crippen molar-refractivity contribution in [1.29, 1.82) is 0 Å². The Balaban J connectivity index is 1.24. The summed E-state index contributed by atoms with van der Waals surface area (Å²) in [7, 11) is 0. The smallest absolute Gasteiger partial charge is 0.325 e. The van der Waals surface area contributed by atoms with Crippen molar-refractivity contribution in [3.8, 4) is 0 Å². The molecule has 0 bridgehead atoms. The lowest BCUT2D eigenvalue weighted by Crippen LogP contribution is -2.49. The van der Waals surface area contributed by atoms with Gasteiger partial charge in [-0.15, -0.1) is 11.3 Å². The Morgan fingerprint density at radius 2 is 2.00 bits per heavy atom. The average molecular weight is 401 g/mol. The van der Waals surface area contributed by atoms with Crippen LogP contribution in [0, 0.1) is 0 Å². The number of fused-ring (bicyclic) bond motifs is 1. The van der Waals surface area contributed by atoms with Crippen LogP contribution >= 0.6 is 11.3 Å². The van der Waals surface area contributed by atoms with Crippen LogP contribution < -0.4 is 10.6 Å². The standard InChI is InChI=1S/C20H24N4O3S/c25-16(13-24-18(26)20(23-19(24)27)10-4-1-5-11-20)21-12-6-9-17-22-14-7-2-3-8-15(14)28-17/h2-3,7-8H,1,4-6,9-13H2,(H,21,25)(H,23,27). The second kappa shape index (κ2) is 7.87. The zero-order valence-corrected chi connectivity index (χ0v) is 16.5. The predicted octanol–water partition coefficient (Wildman–Crippen LogP) is 2.60. The van der Waals surface area contributed by atoms with Gasteiger partial charge in [0.1, 0.15) is 12.1 Å². The number of rotatable bonds is 6. The molecule has 4 amide bonds. The average Bonchev–Trinajstić information content (AvgIpc) is 3.20. The summed E-state index contributed by atoms with van der Waals surface area (Å²) in [6, 6.07) is 7.57. The van der Waals surface area contributed by atoms with E-state index in [4.69, 9.17) is 0 Å². The SMILES string of the molecule is O=C(CN1C(=O)NC2(CCCCC2)C1=O)NCCCc1nc2ccccc2s1. The summed E-state index contributed by atoms with van der Waals surface area (Å²) in [4.78, 5) is 42.7. The summed E-state index contributed by atoms with van der Waals surface area (Å²) in [5.41, 5.74) is 0.226. The molecular formula is C20H24N4O3S. The van der Waals surface area contributed by atoms with E-state index in [1.807, 2.05) is 18.2 Å². The number of thiazole rings is 1. The van der Waals surface area contributed by atoms with Crippen molar-refractivity contribution < 1.29 is 14.4 Å². The fourth-order valence-electron chi connectivity index (χ4n) is 4.01. The molecule has 7 nitrogen and oxygen atoms in total. The summed E-state index contributed by atoms with van der Waals surface area (Å²) in [6.07, 6.45) is 5.81. The highest BCUT2D eigenvalue weighted by Crippen LogP contribution is 2.33. The number of imide groups is 1. The van der Waals surface area contributed by atoms with E-state index in [0.717, 1.165) is 52.2 Å². The minimum absolute atomic E-state index is 0.215. The minimum atomic E-state index is -0.775. The van der Waals surface area contributed by atoms with Crippen LogP contribution in [0.4, 0.5) is 4.79 Å². The Bertz CT molecular complexity index is 871. The number of amides is 4. The highest BCUT2D eigenvalue weighted by Gasteiger charge is 2.51. The van der Waals surface area contributed by atoms with Gasteiger partial charge in [0.15, 0.2) is 0 Å². The molecule has 0 atom stereocenters. The third-order valence-corrected chi connectivity index (χ3v) is 6.58. The third-order valence-electron chi connectivity index (χ3n) is 5.48. The first-order valence-corrected chi connectivity index (χ1v) is 10.6. The molecule has 0 unspecified atom stereocenters. The Hall–Kier alpha value is -2.48. The van der Waals surface area contributed by atoms with Crippen LogP contribution in [0.1, 0.15) is 43.5 Å². The number of para-hydroxylation sites is 1. The zero-order valence-electron chi connectivity index (χ0n) is 15.7. The molecule has 0 radical (unpaired) electrons. The van der Waals surface area contributed by atoms with E-state index in [-0.39, 0.29) is 18.4 Å². The van der Waals surface area contributed by atoms with Gasteiger partial charge in [-0.1, -0.05) is 31.4 Å². The number of aromatic nitrogens is 1. The molecule has 1 aliphatic heterocycles. The highest BCUT2D eigenvalue weighted by molar-refractivity contribution is 7.18. The van der Waals surface area contributed by atoms with Crippen LogP contribution in [0.5, 0.6) is 0 Å². The molecule has 4 rings (SSSR count). The molecule has 1 saturated heterocycles. The Labute approximate surface area is 167 Å². The second-order valence-corrected chi connectivity index (χ2v) is 8.61. The van der Waals surface area contributed by atoms with Gasteiger partial charge in [-0.3, -0.25) is 14.5 Å². The number of carbonyl (C=O) groups excluding carboxylic acids is 3. The molecular weight excluding hydrogens is 376 g/mol. The number of aryl methyl sites for hydroxylation is 1. The number of benzene rings is 1. The molecule has 1 aromatic carbocycles. The third kappa shape index (κ3) is 3.73. The number of hydrogen-bond acceptors (Lipinski definition) is 5. The van der Waals surface area contributed by atoms with E-state index in [9.17, 15) is 14.4 Å². The zero-order chi connectivity index (χ0) is 19.6. The van der Waals surface area contributed by atoms with Gasteiger partial charge >= 0.3 is 6.03 Å². The molecule has 2 fully saturated rings. The van der Waals surface area contributed by atoms with Crippen molar-refractivity contribution in [2.24, 2.45) is 0 Å². The summed E-state index contributed by atoms with van der Waals surface area (Å²) < 4.78 is 1.16. The van der Waals surface area contributed by atoms with E-state index < -0.39 is 11.6 Å². The number of urea groups is 1.